The number of carbonyl (C=O) groups is 2. The fraction of sp³-hybridized carbons (Fsp3) is 0.375. The first-order valence-electron chi connectivity index (χ1n) is 11.4. The van der Waals surface area contributed by atoms with E-state index in [0.717, 1.165) is 31.5 Å². The van der Waals surface area contributed by atoms with Gasteiger partial charge in [0.05, 0.1) is 18.3 Å². The van der Waals surface area contributed by atoms with Gasteiger partial charge >= 0.3 is 0 Å². The van der Waals surface area contributed by atoms with Crippen molar-refractivity contribution in [1.29, 1.82) is 0 Å². The van der Waals surface area contributed by atoms with E-state index in [4.69, 9.17) is 0 Å². The number of aromatic amines is 1. The third-order valence-electron chi connectivity index (χ3n) is 5.96. The molecule has 0 saturated carbocycles. The number of rotatable bonds is 8. The molecule has 1 fully saturated rings. The fourth-order valence-corrected chi connectivity index (χ4v) is 4.03. The van der Waals surface area contributed by atoms with Crippen LogP contribution in [0.1, 0.15) is 57.5 Å². The summed E-state index contributed by atoms with van der Waals surface area (Å²) in [6, 6.07) is 12.2. The number of likely N-dealkylation sites (N-methyl/N-ethyl adjacent to an activating group) is 1. The lowest BCUT2D eigenvalue weighted by Gasteiger charge is -2.28. The quantitative estimate of drug-likeness (QED) is 0.466. The highest BCUT2D eigenvalue weighted by molar-refractivity contribution is 5.93. The first kappa shape index (κ1) is 23.4. The Morgan fingerprint density at radius 3 is 2.62 bits per heavy atom. The van der Waals surface area contributed by atoms with Gasteiger partial charge < -0.3 is 20.2 Å². The van der Waals surface area contributed by atoms with E-state index >= 15 is 0 Å². The van der Waals surface area contributed by atoms with Gasteiger partial charge in [-0.2, -0.15) is 5.10 Å². The first-order valence-corrected chi connectivity index (χ1v) is 11.4. The molecule has 34 heavy (non-hydrogen) atoms. The molecule has 1 saturated heterocycles. The highest BCUT2D eigenvalue weighted by atomic mass is 16.3. The molecule has 10 nitrogen and oxygen atoms in total. The minimum atomic E-state index is -0.435. The zero-order valence-corrected chi connectivity index (χ0v) is 19.1. The zero-order valence-electron chi connectivity index (χ0n) is 19.1. The first-order chi connectivity index (χ1) is 16.6. The molecule has 0 aliphatic carbocycles. The van der Waals surface area contributed by atoms with Crippen LogP contribution in [0, 0.1) is 0 Å². The molecule has 10 heteroatoms. The van der Waals surface area contributed by atoms with Gasteiger partial charge in [-0.05, 0) is 37.0 Å². The molecule has 1 unspecified atom stereocenters. The van der Waals surface area contributed by atoms with Crippen molar-refractivity contribution in [3.8, 4) is 0 Å². The van der Waals surface area contributed by atoms with Crippen LogP contribution in [0.2, 0.25) is 0 Å². The molecule has 3 heterocycles. The number of nitrogens with one attached hydrogen (secondary N) is 2. The van der Waals surface area contributed by atoms with E-state index in [-0.39, 0.29) is 36.4 Å². The summed E-state index contributed by atoms with van der Waals surface area (Å²) in [6.07, 6.45) is 4.99. The molecule has 1 aliphatic heterocycles. The van der Waals surface area contributed by atoms with Crippen LogP contribution in [0.4, 0.5) is 5.95 Å². The molecule has 2 aromatic heterocycles. The number of hydrogen-bond donors (Lipinski definition) is 3. The minimum Gasteiger partial charge on any atom is -0.390 e. The van der Waals surface area contributed by atoms with Gasteiger partial charge in [0.2, 0.25) is 5.95 Å². The number of aliphatic hydroxyl groups excluding tert-OH is 1. The number of piperidine rings is 1. The van der Waals surface area contributed by atoms with Crippen molar-refractivity contribution in [2.24, 2.45) is 0 Å². The summed E-state index contributed by atoms with van der Waals surface area (Å²) in [4.78, 5) is 38.4. The van der Waals surface area contributed by atoms with Crippen LogP contribution in [0.3, 0.4) is 0 Å². The number of amides is 2. The Kier molecular flexibility index (Phi) is 7.48. The predicted octanol–water partition coefficient (Wildman–Crippen LogP) is 1.93. The van der Waals surface area contributed by atoms with Crippen LogP contribution in [0.25, 0.3) is 0 Å². The molecule has 4 rings (SSSR count). The summed E-state index contributed by atoms with van der Waals surface area (Å²) >= 11 is 0. The van der Waals surface area contributed by atoms with Crippen molar-refractivity contribution in [3.63, 3.8) is 0 Å². The molecule has 2 amide bonds. The molecule has 3 N–H and O–H groups in total. The third-order valence-corrected chi connectivity index (χ3v) is 5.96. The van der Waals surface area contributed by atoms with Crippen LogP contribution in [0.15, 0.2) is 48.7 Å². The van der Waals surface area contributed by atoms with E-state index in [1.807, 2.05) is 30.3 Å². The van der Waals surface area contributed by atoms with Gasteiger partial charge in [0.1, 0.15) is 5.69 Å². The maximum Gasteiger partial charge on any atom is 0.274 e. The number of nitrogens with zero attached hydrogens (tertiary/aromatic N) is 5. The van der Waals surface area contributed by atoms with Gasteiger partial charge in [-0.15, -0.1) is 0 Å². The number of aromatic nitrogens is 4. The summed E-state index contributed by atoms with van der Waals surface area (Å²) in [6.45, 7) is 1.73. The standard InChI is InChI=1S/C24H29N7O3/c1-30(23(34)20-14-18(16-32)28-29-20)21(17-8-4-2-5-9-17)15-26-22(33)19-10-11-25-24(27-19)31-12-6-3-7-13-31/h2,4-5,8-11,14,21,32H,3,6-7,12-13,15-16H2,1H3,(H,26,33)(H,28,29). The van der Waals surface area contributed by atoms with Gasteiger partial charge in [0.15, 0.2) is 5.69 Å². The lowest BCUT2D eigenvalue weighted by molar-refractivity contribution is 0.0711. The highest BCUT2D eigenvalue weighted by Gasteiger charge is 2.25. The molecular formula is C24H29N7O3. The van der Waals surface area contributed by atoms with Gasteiger partial charge in [0.25, 0.3) is 11.8 Å². The fourth-order valence-electron chi connectivity index (χ4n) is 4.03. The van der Waals surface area contributed by atoms with E-state index in [1.54, 1.807) is 19.3 Å². The average molecular weight is 464 g/mol. The predicted molar refractivity (Wildman–Crippen MR) is 126 cm³/mol. The second kappa shape index (κ2) is 10.9. The smallest absolute Gasteiger partial charge is 0.274 e. The van der Waals surface area contributed by atoms with Crippen molar-refractivity contribution in [3.05, 3.63) is 71.3 Å². The maximum atomic E-state index is 13.0. The molecule has 178 valence electrons. The Morgan fingerprint density at radius 1 is 1.15 bits per heavy atom. The summed E-state index contributed by atoms with van der Waals surface area (Å²) in [5.74, 6) is -0.0873. The van der Waals surface area contributed by atoms with Crippen LogP contribution >= 0.6 is 0 Å². The van der Waals surface area contributed by atoms with E-state index in [9.17, 15) is 14.7 Å². The molecular weight excluding hydrogens is 434 g/mol. The van der Waals surface area contributed by atoms with Crippen LogP contribution in [-0.2, 0) is 6.61 Å². The van der Waals surface area contributed by atoms with Crippen molar-refractivity contribution in [1.82, 2.24) is 30.4 Å². The summed E-state index contributed by atoms with van der Waals surface area (Å²) in [5, 5.41) is 18.8. The Morgan fingerprint density at radius 2 is 1.91 bits per heavy atom. The zero-order chi connectivity index (χ0) is 23.9. The molecule has 0 radical (unpaired) electrons. The van der Waals surface area contributed by atoms with Crippen molar-refractivity contribution >= 4 is 17.8 Å². The Labute approximate surface area is 198 Å². The van der Waals surface area contributed by atoms with E-state index in [0.29, 0.717) is 11.6 Å². The Bertz CT molecular complexity index is 1110. The Hall–Kier alpha value is -3.79. The number of aliphatic hydroxyl groups is 1. The number of carbonyl (C=O) groups excluding carboxylic acids is 2. The molecule has 1 aliphatic rings. The monoisotopic (exact) mass is 463 g/mol. The van der Waals surface area contributed by atoms with E-state index < -0.39 is 6.04 Å². The summed E-state index contributed by atoms with van der Waals surface area (Å²) in [7, 11) is 1.67. The Balaban J connectivity index is 1.49. The molecule has 0 spiro atoms. The SMILES string of the molecule is CN(C(=O)c1cc(CO)[nH]n1)C(CNC(=O)c1ccnc(N2CCCCC2)n1)c1ccccc1. The van der Waals surface area contributed by atoms with Crippen molar-refractivity contribution in [2.45, 2.75) is 31.9 Å². The second-order valence-electron chi connectivity index (χ2n) is 8.28. The number of anilines is 1. The number of H-pyrrole nitrogens is 1. The highest BCUT2D eigenvalue weighted by Crippen LogP contribution is 2.21. The lowest BCUT2D eigenvalue weighted by Crippen LogP contribution is -2.39. The molecule has 1 atom stereocenters. The van der Waals surface area contributed by atoms with E-state index in [1.165, 1.54) is 17.4 Å². The topological polar surface area (TPSA) is 127 Å². The minimum absolute atomic E-state index is 0.186. The van der Waals surface area contributed by atoms with Gasteiger partial charge in [0, 0.05) is 32.9 Å². The van der Waals surface area contributed by atoms with Gasteiger partial charge in [-0.3, -0.25) is 14.7 Å². The van der Waals surface area contributed by atoms with Crippen molar-refractivity contribution < 1.29 is 14.7 Å². The largest absolute Gasteiger partial charge is 0.390 e. The van der Waals surface area contributed by atoms with Crippen LogP contribution < -0.4 is 10.2 Å². The third kappa shape index (κ3) is 5.40. The number of benzene rings is 1. The maximum absolute atomic E-state index is 13.0. The van der Waals surface area contributed by atoms with Crippen LogP contribution in [0.5, 0.6) is 0 Å². The molecule has 0 bridgehead atoms. The lowest BCUT2D eigenvalue weighted by atomic mass is 10.0. The second-order valence-corrected chi connectivity index (χ2v) is 8.28. The van der Waals surface area contributed by atoms with Crippen molar-refractivity contribution in [2.75, 3.05) is 31.6 Å². The van der Waals surface area contributed by atoms with E-state index in [2.05, 4.69) is 30.4 Å². The summed E-state index contributed by atoms with van der Waals surface area (Å²) in [5.41, 5.74) is 1.81. The van der Waals surface area contributed by atoms with Gasteiger partial charge in [-0.25, -0.2) is 9.97 Å². The average Bonchev–Trinajstić information content (AvgIpc) is 3.39. The number of hydrogen-bond acceptors (Lipinski definition) is 7. The molecule has 1 aromatic carbocycles. The summed E-state index contributed by atoms with van der Waals surface area (Å²) < 4.78 is 0. The van der Waals surface area contributed by atoms with Gasteiger partial charge in [-0.1, -0.05) is 30.3 Å². The molecule has 3 aromatic rings. The van der Waals surface area contributed by atoms with Crippen LogP contribution in [-0.4, -0.2) is 68.7 Å². The normalized spacial score (nSPS) is 14.5.